The van der Waals surface area contributed by atoms with E-state index in [4.69, 9.17) is 4.74 Å². The van der Waals surface area contributed by atoms with Crippen molar-refractivity contribution in [2.24, 2.45) is 0 Å². The number of hydrogen-bond donors (Lipinski definition) is 1. The summed E-state index contributed by atoms with van der Waals surface area (Å²) >= 11 is 0. The molecule has 8 nitrogen and oxygen atoms in total. The van der Waals surface area contributed by atoms with Crippen LogP contribution in [0.15, 0.2) is 91.3 Å². The van der Waals surface area contributed by atoms with Crippen molar-refractivity contribution in [3.8, 4) is 17.2 Å². The summed E-state index contributed by atoms with van der Waals surface area (Å²) in [5.41, 5.74) is 2.29. The molecule has 0 unspecified atom stereocenters. The summed E-state index contributed by atoms with van der Waals surface area (Å²) in [7, 11) is 0. The number of carboxylic acid groups (broad SMARTS) is 1. The zero-order valence-corrected chi connectivity index (χ0v) is 18.9. The summed E-state index contributed by atoms with van der Waals surface area (Å²) in [6.07, 6.45) is 3.55. The molecule has 4 aromatic rings. The van der Waals surface area contributed by atoms with Crippen molar-refractivity contribution < 1.29 is 19.4 Å². The van der Waals surface area contributed by atoms with E-state index in [0.29, 0.717) is 48.9 Å². The minimum atomic E-state index is -0.954. The van der Waals surface area contributed by atoms with Gasteiger partial charge in [-0.15, -0.1) is 0 Å². The first-order valence-corrected chi connectivity index (χ1v) is 11.3. The molecule has 0 bridgehead atoms. The van der Waals surface area contributed by atoms with Crippen molar-refractivity contribution in [1.82, 2.24) is 14.7 Å². The number of carbonyl (C=O) groups is 2. The molecule has 1 fully saturated rings. The number of rotatable bonds is 6. The van der Waals surface area contributed by atoms with Crippen molar-refractivity contribution in [2.45, 2.75) is 0 Å². The van der Waals surface area contributed by atoms with Gasteiger partial charge in [-0.05, 0) is 48.5 Å². The Kier molecular flexibility index (Phi) is 6.17. The highest BCUT2D eigenvalue weighted by Gasteiger charge is 2.25. The largest absolute Gasteiger partial charge is 0.478 e. The molecule has 0 aliphatic carbocycles. The third-order valence-electron chi connectivity index (χ3n) is 5.97. The molecule has 35 heavy (non-hydrogen) atoms. The highest BCUT2D eigenvalue weighted by atomic mass is 16.5. The van der Waals surface area contributed by atoms with Gasteiger partial charge in [0.1, 0.15) is 11.4 Å². The van der Waals surface area contributed by atoms with E-state index >= 15 is 0 Å². The van der Waals surface area contributed by atoms with Crippen LogP contribution in [0.1, 0.15) is 20.7 Å². The molecule has 1 N–H and O–H groups in total. The van der Waals surface area contributed by atoms with Gasteiger partial charge in [0.2, 0.25) is 0 Å². The Morgan fingerprint density at radius 3 is 2.31 bits per heavy atom. The zero-order valence-electron chi connectivity index (χ0n) is 18.9. The number of anilines is 1. The first-order valence-electron chi connectivity index (χ1n) is 11.3. The number of carbonyl (C=O) groups excluding carboxylic acids is 1. The van der Waals surface area contributed by atoms with Crippen molar-refractivity contribution in [3.05, 3.63) is 102 Å². The minimum Gasteiger partial charge on any atom is -0.478 e. The Morgan fingerprint density at radius 2 is 1.57 bits per heavy atom. The maximum absolute atomic E-state index is 13.2. The molecule has 176 valence electrons. The summed E-state index contributed by atoms with van der Waals surface area (Å²) in [6, 6.07) is 23.5. The molecule has 0 radical (unpaired) electrons. The van der Waals surface area contributed by atoms with Crippen LogP contribution in [0.25, 0.3) is 5.69 Å². The highest BCUT2D eigenvalue weighted by Crippen LogP contribution is 2.29. The Bertz CT molecular complexity index is 1340. The Hall–Kier alpha value is -4.59. The standard InChI is InChI=1S/C27H24N4O4/c32-26(30-17-15-29(16-18-30)23-10-2-1-9-22(23)27(33)34)20-7-5-8-21(19-20)35-25-12-4-3-11-24(25)31-14-6-13-28-31/h1-14,19H,15-18H2,(H,33,34). The quantitative estimate of drug-likeness (QED) is 0.453. The number of ether oxygens (including phenoxy) is 1. The topological polar surface area (TPSA) is 87.9 Å². The van der Waals surface area contributed by atoms with E-state index in [1.54, 1.807) is 46.1 Å². The molecule has 1 aromatic heterocycles. The normalized spacial score (nSPS) is 13.5. The SMILES string of the molecule is O=C(O)c1ccccc1N1CCN(C(=O)c2cccc(Oc3ccccc3-n3cccn3)c2)CC1. The third kappa shape index (κ3) is 4.72. The second-order valence-electron chi connectivity index (χ2n) is 8.15. The van der Waals surface area contributed by atoms with Crippen LogP contribution in [-0.2, 0) is 0 Å². The lowest BCUT2D eigenvalue weighted by Crippen LogP contribution is -2.49. The number of amides is 1. The number of hydrogen-bond acceptors (Lipinski definition) is 5. The average molecular weight is 469 g/mol. The Morgan fingerprint density at radius 1 is 0.829 bits per heavy atom. The van der Waals surface area contributed by atoms with Crippen LogP contribution in [0.4, 0.5) is 5.69 Å². The predicted octanol–water partition coefficient (Wildman–Crippen LogP) is 4.33. The highest BCUT2D eigenvalue weighted by molar-refractivity contribution is 5.96. The summed E-state index contributed by atoms with van der Waals surface area (Å²) in [5.74, 6) is 0.156. The number of benzene rings is 3. The minimum absolute atomic E-state index is 0.0815. The summed E-state index contributed by atoms with van der Waals surface area (Å²) < 4.78 is 7.86. The molecule has 1 aliphatic rings. The van der Waals surface area contributed by atoms with Gasteiger partial charge >= 0.3 is 5.97 Å². The van der Waals surface area contributed by atoms with E-state index in [9.17, 15) is 14.7 Å². The first kappa shape index (κ1) is 22.2. The fraction of sp³-hybridized carbons (Fsp3) is 0.148. The summed E-state index contributed by atoms with van der Waals surface area (Å²) in [4.78, 5) is 28.6. The van der Waals surface area contributed by atoms with Gasteiger partial charge in [0.15, 0.2) is 5.75 Å². The van der Waals surface area contributed by atoms with Crippen molar-refractivity contribution >= 4 is 17.6 Å². The van der Waals surface area contributed by atoms with Crippen molar-refractivity contribution in [3.63, 3.8) is 0 Å². The van der Waals surface area contributed by atoms with Gasteiger partial charge in [-0.2, -0.15) is 5.10 Å². The molecule has 0 spiro atoms. The molecular formula is C27H24N4O4. The number of nitrogens with zero attached hydrogens (tertiary/aromatic N) is 4. The molecule has 0 atom stereocenters. The van der Waals surface area contributed by atoms with Gasteiger partial charge in [-0.1, -0.05) is 30.3 Å². The van der Waals surface area contributed by atoms with Gasteiger partial charge in [0, 0.05) is 44.1 Å². The van der Waals surface area contributed by atoms with Crippen LogP contribution >= 0.6 is 0 Å². The average Bonchev–Trinajstić information content (AvgIpc) is 3.44. The monoisotopic (exact) mass is 468 g/mol. The maximum atomic E-state index is 13.2. The fourth-order valence-corrected chi connectivity index (χ4v) is 4.23. The molecule has 1 aliphatic heterocycles. The molecular weight excluding hydrogens is 444 g/mol. The van der Waals surface area contributed by atoms with E-state index in [2.05, 4.69) is 5.10 Å². The van der Waals surface area contributed by atoms with Gasteiger partial charge in [0.05, 0.1) is 11.3 Å². The number of aromatic nitrogens is 2. The van der Waals surface area contributed by atoms with E-state index in [-0.39, 0.29) is 11.5 Å². The molecule has 5 rings (SSSR count). The lowest BCUT2D eigenvalue weighted by atomic mass is 10.1. The Labute approximate surface area is 202 Å². The van der Waals surface area contributed by atoms with Crippen LogP contribution in [-0.4, -0.2) is 57.8 Å². The summed E-state index contributed by atoms with van der Waals surface area (Å²) in [6.45, 7) is 2.12. The number of carboxylic acids is 1. The van der Waals surface area contributed by atoms with Gasteiger partial charge < -0.3 is 19.6 Å². The smallest absolute Gasteiger partial charge is 0.337 e. The number of piperazine rings is 1. The van der Waals surface area contributed by atoms with Gasteiger partial charge in [0.25, 0.3) is 5.91 Å². The van der Waals surface area contributed by atoms with Crippen molar-refractivity contribution in [1.29, 1.82) is 0 Å². The molecule has 0 saturated carbocycles. The van der Waals surface area contributed by atoms with Crippen LogP contribution in [0.3, 0.4) is 0 Å². The van der Waals surface area contributed by atoms with Crippen LogP contribution < -0.4 is 9.64 Å². The second-order valence-corrected chi connectivity index (χ2v) is 8.15. The van der Waals surface area contributed by atoms with E-state index in [1.807, 2.05) is 59.6 Å². The second kappa shape index (κ2) is 9.72. The lowest BCUT2D eigenvalue weighted by Gasteiger charge is -2.36. The van der Waals surface area contributed by atoms with E-state index < -0.39 is 5.97 Å². The van der Waals surface area contributed by atoms with E-state index in [1.165, 1.54) is 0 Å². The molecule has 1 saturated heterocycles. The molecule has 1 amide bonds. The number of aromatic carboxylic acids is 1. The lowest BCUT2D eigenvalue weighted by molar-refractivity contribution is 0.0693. The van der Waals surface area contributed by atoms with Crippen LogP contribution in [0.5, 0.6) is 11.5 Å². The van der Waals surface area contributed by atoms with Gasteiger partial charge in [-0.25, -0.2) is 9.48 Å². The summed E-state index contributed by atoms with van der Waals surface area (Å²) in [5, 5.41) is 13.8. The van der Waals surface area contributed by atoms with E-state index in [0.717, 1.165) is 5.69 Å². The fourth-order valence-electron chi connectivity index (χ4n) is 4.23. The molecule has 3 aromatic carbocycles. The predicted molar refractivity (Wildman–Crippen MR) is 132 cm³/mol. The zero-order chi connectivity index (χ0) is 24.2. The Balaban J connectivity index is 1.28. The third-order valence-corrected chi connectivity index (χ3v) is 5.97. The first-order chi connectivity index (χ1) is 17.1. The molecule has 8 heteroatoms. The maximum Gasteiger partial charge on any atom is 0.337 e. The van der Waals surface area contributed by atoms with Crippen LogP contribution in [0.2, 0.25) is 0 Å². The molecule has 2 heterocycles. The number of para-hydroxylation sites is 3. The van der Waals surface area contributed by atoms with Crippen molar-refractivity contribution in [2.75, 3.05) is 31.1 Å². The van der Waals surface area contributed by atoms with Crippen LogP contribution in [0, 0.1) is 0 Å². The van der Waals surface area contributed by atoms with Gasteiger partial charge in [-0.3, -0.25) is 4.79 Å².